The molecule has 1 amide bonds. The SMILES string of the molecule is CCC(CC)(CC)CC(=CCC(=O)N1CCC2(CC1)N=C1CC(OC)CC=C1n1cccc12)OC. The molecule has 3 aliphatic rings. The van der Waals surface area contributed by atoms with Crippen LogP contribution >= 0.6 is 0 Å². The van der Waals surface area contributed by atoms with Crippen LogP contribution in [0.5, 0.6) is 0 Å². The van der Waals surface area contributed by atoms with E-state index in [-0.39, 0.29) is 23.0 Å². The Morgan fingerprint density at radius 3 is 2.54 bits per heavy atom. The molecule has 1 atom stereocenters. The third-order valence-corrected chi connectivity index (χ3v) is 8.97. The minimum Gasteiger partial charge on any atom is -0.501 e. The van der Waals surface area contributed by atoms with Crippen molar-refractivity contribution in [1.29, 1.82) is 0 Å². The van der Waals surface area contributed by atoms with Crippen molar-refractivity contribution in [2.45, 2.75) is 90.2 Å². The van der Waals surface area contributed by atoms with Gasteiger partial charge < -0.3 is 18.9 Å². The van der Waals surface area contributed by atoms with Crippen LogP contribution in [-0.2, 0) is 19.8 Å². The summed E-state index contributed by atoms with van der Waals surface area (Å²) in [6.07, 6.45) is 14.8. The lowest BCUT2D eigenvalue weighted by atomic mass is 9.76. The molecule has 0 bridgehead atoms. The number of piperidine rings is 1. The molecule has 1 aromatic heterocycles. The number of hydrogen-bond acceptors (Lipinski definition) is 4. The zero-order valence-corrected chi connectivity index (χ0v) is 22.3. The molecule has 1 fully saturated rings. The Labute approximate surface area is 211 Å². The van der Waals surface area contributed by atoms with E-state index in [4.69, 9.17) is 14.5 Å². The summed E-state index contributed by atoms with van der Waals surface area (Å²) < 4.78 is 13.6. The highest BCUT2D eigenvalue weighted by molar-refractivity contribution is 6.20. The predicted molar refractivity (Wildman–Crippen MR) is 141 cm³/mol. The predicted octanol–water partition coefficient (Wildman–Crippen LogP) is 5.94. The fourth-order valence-electron chi connectivity index (χ4n) is 6.12. The van der Waals surface area contributed by atoms with E-state index in [1.807, 2.05) is 11.0 Å². The second-order valence-corrected chi connectivity index (χ2v) is 10.4. The molecule has 1 saturated heterocycles. The molecule has 0 saturated carbocycles. The van der Waals surface area contributed by atoms with Crippen LogP contribution in [0.3, 0.4) is 0 Å². The van der Waals surface area contributed by atoms with E-state index in [9.17, 15) is 4.79 Å². The van der Waals surface area contributed by atoms with Gasteiger partial charge in [0.1, 0.15) is 5.54 Å². The molecule has 1 aliphatic carbocycles. The number of allylic oxidation sites excluding steroid dienone is 2. The number of rotatable bonds is 9. The van der Waals surface area contributed by atoms with Crippen LogP contribution in [-0.4, -0.2) is 54.5 Å². The van der Waals surface area contributed by atoms with Gasteiger partial charge in [-0.15, -0.1) is 0 Å². The van der Waals surface area contributed by atoms with E-state index in [1.54, 1.807) is 14.2 Å². The molecular weight excluding hydrogens is 438 g/mol. The van der Waals surface area contributed by atoms with Gasteiger partial charge >= 0.3 is 0 Å². The van der Waals surface area contributed by atoms with Crippen LogP contribution in [0.4, 0.5) is 0 Å². The fraction of sp³-hybridized carbons (Fsp3) is 0.655. The third-order valence-electron chi connectivity index (χ3n) is 8.97. The molecule has 0 N–H and O–H groups in total. The zero-order chi connectivity index (χ0) is 25.1. The standard InChI is InChI=1S/C29H43N3O3/c1-6-28(7-2,8-3)21-23(35-5)12-14-27(33)31-18-15-29(16-19-31)26-10-9-17-32(26)25-13-11-22(34-4)20-24(25)30-29/h9-10,12-13,17,22H,6-8,11,14-16,18-21H2,1-5H3. The van der Waals surface area contributed by atoms with Crippen LogP contribution in [0, 0.1) is 5.41 Å². The maximum Gasteiger partial charge on any atom is 0.226 e. The lowest BCUT2D eigenvalue weighted by Gasteiger charge is -2.43. The molecule has 3 heterocycles. The number of fused-ring (bicyclic) bond motifs is 4. The number of ether oxygens (including phenoxy) is 2. The molecule has 1 aromatic rings. The van der Waals surface area contributed by atoms with E-state index in [0.717, 1.165) is 75.9 Å². The Hall–Kier alpha value is -2.34. The summed E-state index contributed by atoms with van der Waals surface area (Å²) in [5, 5.41) is 0. The highest BCUT2D eigenvalue weighted by atomic mass is 16.5. The first-order valence-corrected chi connectivity index (χ1v) is 13.4. The molecule has 4 rings (SSSR count). The first-order chi connectivity index (χ1) is 16.9. The molecule has 6 heteroatoms. The average Bonchev–Trinajstić information content (AvgIpc) is 3.41. The maximum absolute atomic E-state index is 13.1. The molecule has 192 valence electrons. The minimum atomic E-state index is -0.251. The van der Waals surface area contributed by atoms with Crippen molar-refractivity contribution in [2.24, 2.45) is 10.4 Å². The van der Waals surface area contributed by atoms with Gasteiger partial charge in [0, 0.05) is 45.7 Å². The Balaban J connectivity index is 1.44. The smallest absolute Gasteiger partial charge is 0.226 e. The van der Waals surface area contributed by atoms with Gasteiger partial charge in [-0.25, -0.2) is 0 Å². The van der Waals surface area contributed by atoms with Crippen LogP contribution in [0.15, 0.2) is 41.2 Å². The average molecular weight is 482 g/mol. The van der Waals surface area contributed by atoms with Crippen molar-refractivity contribution in [3.8, 4) is 0 Å². The van der Waals surface area contributed by atoms with Gasteiger partial charge in [-0.05, 0) is 42.9 Å². The van der Waals surface area contributed by atoms with Crippen LogP contribution < -0.4 is 0 Å². The summed E-state index contributed by atoms with van der Waals surface area (Å²) in [5.41, 5.74) is 3.62. The first-order valence-electron chi connectivity index (χ1n) is 13.4. The number of likely N-dealkylation sites (tertiary alicyclic amines) is 1. The lowest BCUT2D eigenvalue weighted by Crippen LogP contribution is -2.47. The van der Waals surface area contributed by atoms with Crippen molar-refractivity contribution >= 4 is 17.3 Å². The normalized spacial score (nSPS) is 21.8. The van der Waals surface area contributed by atoms with Gasteiger partial charge in [-0.2, -0.15) is 0 Å². The number of nitrogens with zero attached hydrogens (tertiary/aromatic N) is 3. The Bertz CT molecular complexity index is 982. The van der Waals surface area contributed by atoms with Crippen molar-refractivity contribution in [1.82, 2.24) is 9.47 Å². The molecule has 2 aliphatic heterocycles. The first kappa shape index (κ1) is 25.7. The number of carbonyl (C=O) groups excluding carboxylic acids is 1. The number of amides is 1. The van der Waals surface area contributed by atoms with Crippen LogP contribution in [0.25, 0.3) is 5.70 Å². The third kappa shape index (κ3) is 5.00. The highest BCUT2D eigenvalue weighted by Gasteiger charge is 2.43. The summed E-state index contributed by atoms with van der Waals surface area (Å²) in [4.78, 5) is 20.5. The van der Waals surface area contributed by atoms with Crippen molar-refractivity contribution in [2.75, 3.05) is 27.3 Å². The molecular formula is C29H43N3O3. The van der Waals surface area contributed by atoms with Gasteiger partial charge in [-0.1, -0.05) is 46.1 Å². The topological polar surface area (TPSA) is 56.1 Å². The molecule has 0 radical (unpaired) electrons. The number of aromatic nitrogens is 1. The molecule has 6 nitrogen and oxygen atoms in total. The quantitative estimate of drug-likeness (QED) is 0.410. The van der Waals surface area contributed by atoms with Crippen LogP contribution in [0.1, 0.15) is 84.3 Å². The van der Waals surface area contributed by atoms with Crippen molar-refractivity contribution in [3.63, 3.8) is 0 Å². The van der Waals surface area contributed by atoms with E-state index < -0.39 is 0 Å². The number of aliphatic imine (C=N–C) groups is 1. The minimum absolute atomic E-state index is 0.182. The van der Waals surface area contributed by atoms with Gasteiger partial charge in [-0.3, -0.25) is 9.79 Å². The Morgan fingerprint density at radius 2 is 1.91 bits per heavy atom. The van der Waals surface area contributed by atoms with Gasteiger partial charge in [0.25, 0.3) is 0 Å². The zero-order valence-electron chi connectivity index (χ0n) is 22.3. The van der Waals surface area contributed by atoms with Gasteiger partial charge in [0.2, 0.25) is 5.91 Å². The largest absolute Gasteiger partial charge is 0.501 e. The Kier molecular flexibility index (Phi) is 7.89. The van der Waals surface area contributed by atoms with E-state index in [2.05, 4.69) is 49.7 Å². The molecule has 0 aromatic carbocycles. The lowest BCUT2D eigenvalue weighted by molar-refractivity contribution is -0.131. The van der Waals surface area contributed by atoms with Crippen LogP contribution in [0.2, 0.25) is 0 Å². The fourth-order valence-corrected chi connectivity index (χ4v) is 6.12. The summed E-state index contributed by atoms with van der Waals surface area (Å²) in [7, 11) is 3.51. The van der Waals surface area contributed by atoms with E-state index in [0.29, 0.717) is 6.42 Å². The number of carbonyl (C=O) groups is 1. The summed E-state index contributed by atoms with van der Waals surface area (Å²) >= 11 is 0. The van der Waals surface area contributed by atoms with Gasteiger partial charge in [0.15, 0.2) is 0 Å². The second-order valence-electron chi connectivity index (χ2n) is 10.4. The van der Waals surface area contributed by atoms with E-state index >= 15 is 0 Å². The number of hydrogen-bond donors (Lipinski definition) is 0. The molecule has 1 spiro atoms. The monoisotopic (exact) mass is 481 g/mol. The molecule has 1 unspecified atom stereocenters. The van der Waals surface area contributed by atoms with Gasteiger partial charge in [0.05, 0.1) is 36.1 Å². The maximum atomic E-state index is 13.1. The number of methoxy groups -OCH3 is 2. The molecule has 35 heavy (non-hydrogen) atoms. The Morgan fingerprint density at radius 1 is 1.20 bits per heavy atom. The summed E-state index contributed by atoms with van der Waals surface area (Å²) in [6, 6.07) is 4.33. The summed E-state index contributed by atoms with van der Waals surface area (Å²) in [5.74, 6) is 1.12. The van der Waals surface area contributed by atoms with Crippen molar-refractivity contribution in [3.05, 3.63) is 41.9 Å². The second kappa shape index (κ2) is 10.7. The summed E-state index contributed by atoms with van der Waals surface area (Å²) in [6.45, 7) is 8.21. The highest BCUT2D eigenvalue weighted by Crippen LogP contribution is 2.44. The van der Waals surface area contributed by atoms with E-state index in [1.165, 1.54) is 11.4 Å². The van der Waals surface area contributed by atoms with Crippen molar-refractivity contribution < 1.29 is 14.3 Å².